The first-order valence-electron chi connectivity index (χ1n) is 13.3. The van der Waals surface area contributed by atoms with Crippen LogP contribution in [-0.4, -0.2) is 119 Å². The van der Waals surface area contributed by atoms with E-state index in [1.165, 1.54) is 11.4 Å². The van der Waals surface area contributed by atoms with Gasteiger partial charge in [0.15, 0.2) is 0 Å². The minimum atomic E-state index is -3.72. The van der Waals surface area contributed by atoms with Gasteiger partial charge in [0.05, 0.1) is 18.6 Å². The van der Waals surface area contributed by atoms with Gasteiger partial charge in [-0.1, -0.05) is 0 Å². The van der Waals surface area contributed by atoms with E-state index in [9.17, 15) is 18.0 Å². The maximum Gasteiger partial charge on any atom is 0.248 e. The molecule has 11 heteroatoms. The molecule has 2 saturated heterocycles. The first-order valence-corrected chi connectivity index (χ1v) is 14.8. The van der Waals surface area contributed by atoms with Crippen molar-refractivity contribution in [2.24, 2.45) is 5.92 Å². The number of hydrogen-bond donors (Lipinski definition) is 0. The fourth-order valence-corrected chi connectivity index (χ4v) is 6.99. The number of amides is 2. The molecule has 1 aromatic rings. The quantitative estimate of drug-likeness (QED) is 0.386. The van der Waals surface area contributed by atoms with Gasteiger partial charge in [-0.15, -0.1) is 0 Å². The number of carbonyl (C=O) groups is 2. The Morgan fingerprint density at radius 3 is 2.37 bits per heavy atom. The number of hydrogen-bond acceptors (Lipinski definition) is 7. The molecule has 2 atom stereocenters. The Morgan fingerprint density at radius 2 is 1.76 bits per heavy atom. The number of methoxy groups -OCH3 is 1. The normalized spacial score (nSPS) is 20.7. The van der Waals surface area contributed by atoms with E-state index < -0.39 is 10.0 Å². The number of benzene rings is 1. The summed E-state index contributed by atoms with van der Waals surface area (Å²) >= 11 is 0. The second-order valence-electron chi connectivity index (χ2n) is 10.7. The number of likely N-dealkylation sites (tertiary alicyclic amines) is 2. The van der Waals surface area contributed by atoms with Gasteiger partial charge >= 0.3 is 0 Å². The average Bonchev–Trinajstić information content (AvgIpc) is 3.29. The van der Waals surface area contributed by atoms with E-state index in [2.05, 4.69) is 11.9 Å². The van der Waals surface area contributed by atoms with Crippen LogP contribution in [0.5, 0.6) is 5.75 Å². The minimum absolute atomic E-state index is 0.0425. The molecule has 0 spiro atoms. The highest BCUT2D eigenvalue weighted by molar-refractivity contribution is 7.89. The Morgan fingerprint density at radius 1 is 1.08 bits per heavy atom. The van der Waals surface area contributed by atoms with Gasteiger partial charge in [-0.3, -0.25) is 9.59 Å². The third-order valence-electron chi connectivity index (χ3n) is 7.76. The third kappa shape index (κ3) is 7.46. The van der Waals surface area contributed by atoms with Crippen molar-refractivity contribution in [3.8, 4) is 5.75 Å². The molecule has 214 valence electrons. The minimum Gasteiger partial charge on any atom is -0.497 e. The van der Waals surface area contributed by atoms with Crippen molar-refractivity contribution >= 4 is 21.8 Å². The molecule has 2 fully saturated rings. The summed E-state index contributed by atoms with van der Waals surface area (Å²) in [6.07, 6.45) is 3.35. The summed E-state index contributed by atoms with van der Waals surface area (Å²) in [5.41, 5.74) is 1.23. The molecule has 2 unspecified atom stereocenters. The predicted octanol–water partition coefficient (Wildman–Crippen LogP) is 1.74. The molecular weight excluding hydrogens is 508 g/mol. The first kappa shape index (κ1) is 30.3. The van der Waals surface area contributed by atoms with Crippen LogP contribution in [0.15, 0.2) is 17.0 Å². The zero-order valence-electron chi connectivity index (χ0n) is 23.7. The van der Waals surface area contributed by atoms with Crippen molar-refractivity contribution in [3.63, 3.8) is 0 Å². The van der Waals surface area contributed by atoms with Crippen LogP contribution >= 0.6 is 0 Å². The predicted molar refractivity (Wildman–Crippen MR) is 146 cm³/mol. The van der Waals surface area contributed by atoms with Gasteiger partial charge in [-0.25, -0.2) is 8.42 Å². The summed E-state index contributed by atoms with van der Waals surface area (Å²) in [6, 6.07) is 3.36. The van der Waals surface area contributed by atoms with Crippen molar-refractivity contribution in [1.82, 2.24) is 19.0 Å². The first-order chi connectivity index (χ1) is 17.9. The lowest BCUT2D eigenvalue weighted by atomic mass is 10.0. The van der Waals surface area contributed by atoms with E-state index in [4.69, 9.17) is 9.47 Å². The SMILES string of the molecule is COc1cc(C)c(S(=O)(=O)N(C)CCOCC(=O)N(C)C2CCCN(C(=O)CC3CCN(C)C3)C2)c(C)c1. The average molecular weight is 553 g/mol. The van der Waals surface area contributed by atoms with Crippen LogP contribution in [0.3, 0.4) is 0 Å². The van der Waals surface area contributed by atoms with Gasteiger partial charge < -0.3 is 24.2 Å². The van der Waals surface area contributed by atoms with Crippen LogP contribution < -0.4 is 4.74 Å². The lowest BCUT2D eigenvalue weighted by molar-refractivity contribution is -0.141. The molecule has 38 heavy (non-hydrogen) atoms. The van der Waals surface area contributed by atoms with E-state index >= 15 is 0 Å². The van der Waals surface area contributed by atoms with Gasteiger partial charge in [0.2, 0.25) is 21.8 Å². The van der Waals surface area contributed by atoms with Crippen LogP contribution in [0.4, 0.5) is 0 Å². The van der Waals surface area contributed by atoms with Crippen molar-refractivity contribution in [3.05, 3.63) is 23.3 Å². The Bertz CT molecular complexity index is 1070. The smallest absolute Gasteiger partial charge is 0.248 e. The number of aryl methyl sites for hydroxylation is 2. The Labute approximate surface area is 227 Å². The number of nitrogens with zero attached hydrogens (tertiary/aromatic N) is 4. The number of likely N-dealkylation sites (N-methyl/N-ethyl adjacent to an activating group) is 2. The monoisotopic (exact) mass is 552 g/mol. The topological polar surface area (TPSA) is 99.7 Å². The lowest BCUT2D eigenvalue weighted by Gasteiger charge is -2.38. The molecule has 2 heterocycles. The molecular formula is C27H44N4O6S. The molecule has 2 aliphatic heterocycles. The summed E-state index contributed by atoms with van der Waals surface area (Å²) < 4.78 is 38.3. The highest BCUT2D eigenvalue weighted by Crippen LogP contribution is 2.28. The van der Waals surface area contributed by atoms with Crippen LogP contribution in [0.2, 0.25) is 0 Å². The van der Waals surface area contributed by atoms with E-state index in [1.807, 2.05) is 4.90 Å². The van der Waals surface area contributed by atoms with Gasteiger partial charge in [0.1, 0.15) is 12.4 Å². The van der Waals surface area contributed by atoms with Crippen LogP contribution in [0.1, 0.15) is 36.8 Å². The molecule has 2 aliphatic rings. The summed E-state index contributed by atoms with van der Waals surface area (Å²) in [4.78, 5) is 31.7. The fourth-order valence-electron chi connectivity index (χ4n) is 5.44. The largest absolute Gasteiger partial charge is 0.497 e. The molecule has 0 saturated carbocycles. The van der Waals surface area contributed by atoms with Crippen LogP contribution in [0, 0.1) is 19.8 Å². The Kier molecular flexibility index (Phi) is 10.6. The standard InChI is InChI=1S/C27H44N4O6S/c1-20-14-24(36-6)15-21(2)27(20)38(34,35)29(4)12-13-37-19-26(33)30(5)23-8-7-10-31(18-23)25(32)16-22-9-11-28(3)17-22/h14-15,22-23H,7-13,16-19H2,1-6H3. The third-order valence-corrected chi connectivity index (χ3v) is 9.92. The van der Waals surface area contributed by atoms with Crippen LogP contribution in [0.25, 0.3) is 0 Å². The van der Waals surface area contributed by atoms with E-state index in [0.29, 0.717) is 35.8 Å². The lowest BCUT2D eigenvalue weighted by Crippen LogP contribution is -2.51. The number of sulfonamides is 1. The molecule has 0 N–H and O–H groups in total. The maximum absolute atomic E-state index is 13.1. The molecule has 10 nitrogen and oxygen atoms in total. The van der Waals surface area contributed by atoms with E-state index in [-0.39, 0.29) is 42.5 Å². The van der Waals surface area contributed by atoms with Crippen molar-refractivity contribution in [1.29, 1.82) is 0 Å². The van der Waals surface area contributed by atoms with Gasteiger partial charge in [0.25, 0.3) is 0 Å². The Hall–Kier alpha value is -2.21. The van der Waals surface area contributed by atoms with E-state index in [1.54, 1.807) is 45.0 Å². The van der Waals surface area contributed by atoms with Gasteiger partial charge in [-0.2, -0.15) is 4.31 Å². The highest BCUT2D eigenvalue weighted by atomic mass is 32.2. The summed E-state index contributed by atoms with van der Waals surface area (Å²) in [5.74, 6) is 1.03. The summed E-state index contributed by atoms with van der Waals surface area (Å²) in [6.45, 7) is 6.86. The maximum atomic E-state index is 13.1. The zero-order chi connectivity index (χ0) is 28.0. The zero-order valence-corrected chi connectivity index (χ0v) is 24.6. The van der Waals surface area contributed by atoms with Gasteiger partial charge in [-0.05, 0) is 75.9 Å². The second-order valence-corrected chi connectivity index (χ2v) is 12.7. The van der Waals surface area contributed by atoms with Crippen molar-refractivity contribution < 1.29 is 27.5 Å². The van der Waals surface area contributed by atoms with Crippen molar-refractivity contribution in [2.75, 3.05) is 74.2 Å². The molecule has 1 aromatic carbocycles. The van der Waals surface area contributed by atoms with Crippen LogP contribution in [-0.2, 0) is 24.3 Å². The number of rotatable bonds is 11. The Balaban J connectivity index is 1.45. The fraction of sp³-hybridized carbons (Fsp3) is 0.704. The second kappa shape index (κ2) is 13.2. The molecule has 0 radical (unpaired) electrons. The number of carbonyl (C=O) groups excluding carboxylic acids is 2. The molecule has 0 bridgehead atoms. The van der Waals surface area contributed by atoms with Gasteiger partial charge in [0, 0.05) is 52.7 Å². The summed E-state index contributed by atoms with van der Waals surface area (Å²) in [5, 5.41) is 0. The number of piperidine rings is 1. The highest BCUT2D eigenvalue weighted by Gasteiger charge is 2.31. The van der Waals surface area contributed by atoms with E-state index in [0.717, 1.165) is 38.9 Å². The molecule has 0 aromatic heterocycles. The molecule has 0 aliphatic carbocycles. The summed E-state index contributed by atoms with van der Waals surface area (Å²) in [7, 11) is 3.17. The number of ether oxygens (including phenoxy) is 2. The molecule has 2 amide bonds. The van der Waals surface area contributed by atoms with Crippen molar-refractivity contribution in [2.45, 2.75) is 50.5 Å². The molecule has 3 rings (SSSR count).